The van der Waals surface area contributed by atoms with Crippen molar-refractivity contribution in [2.75, 3.05) is 0 Å². The zero-order valence-electron chi connectivity index (χ0n) is 12.0. The van der Waals surface area contributed by atoms with Gasteiger partial charge in [-0.25, -0.2) is 0 Å². The van der Waals surface area contributed by atoms with Gasteiger partial charge >= 0.3 is 6.18 Å². The van der Waals surface area contributed by atoms with Gasteiger partial charge in [-0.05, 0) is 31.2 Å². The van der Waals surface area contributed by atoms with Gasteiger partial charge in [-0.15, -0.1) is 0 Å². The predicted molar refractivity (Wildman–Crippen MR) is 82.2 cm³/mol. The molecule has 0 spiro atoms. The number of aryl methyl sites for hydroxylation is 1. The Hall–Kier alpha value is -2.14. The van der Waals surface area contributed by atoms with Crippen molar-refractivity contribution in [1.29, 1.82) is 0 Å². The van der Waals surface area contributed by atoms with Crippen LogP contribution in [0.5, 0.6) is 17.2 Å². The lowest BCUT2D eigenvalue weighted by Gasteiger charge is -2.24. The van der Waals surface area contributed by atoms with Gasteiger partial charge in [0.15, 0.2) is 0 Å². The van der Waals surface area contributed by atoms with E-state index in [1.54, 1.807) is 12.1 Å². The summed E-state index contributed by atoms with van der Waals surface area (Å²) in [6, 6.07) is 10.1. The zero-order valence-corrected chi connectivity index (χ0v) is 12.8. The number of rotatable bonds is 2. The van der Waals surface area contributed by atoms with Gasteiger partial charge in [0.25, 0.3) is 0 Å². The number of fused-ring (bicyclic) bond motifs is 1. The van der Waals surface area contributed by atoms with Crippen molar-refractivity contribution >= 4 is 17.7 Å². The summed E-state index contributed by atoms with van der Waals surface area (Å²) >= 11 is 6.13. The number of benzene rings is 2. The summed E-state index contributed by atoms with van der Waals surface area (Å²) in [5.74, 6) is 0.864. The van der Waals surface area contributed by atoms with Crippen molar-refractivity contribution in [1.82, 2.24) is 0 Å². The van der Waals surface area contributed by atoms with E-state index in [0.29, 0.717) is 16.3 Å². The van der Waals surface area contributed by atoms with Crippen molar-refractivity contribution in [3.63, 3.8) is 0 Å². The minimum atomic E-state index is -4.47. The van der Waals surface area contributed by atoms with Gasteiger partial charge in [0.05, 0.1) is 5.02 Å². The lowest BCUT2D eigenvalue weighted by Crippen LogP contribution is -2.33. The van der Waals surface area contributed by atoms with Crippen molar-refractivity contribution in [2.45, 2.75) is 19.2 Å². The zero-order chi connectivity index (χ0) is 16.6. The van der Waals surface area contributed by atoms with Crippen LogP contribution in [0.15, 0.2) is 42.5 Å². The van der Waals surface area contributed by atoms with Gasteiger partial charge in [0.1, 0.15) is 17.2 Å². The molecular weight excluding hydrogens is 329 g/mol. The number of halogens is 4. The van der Waals surface area contributed by atoms with Gasteiger partial charge in [-0.2, -0.15) is 13.2 Å². The number of hydrogen-bond acceptors (Lipinski definition) is 2. The molecule has 3 rings (SSSR count). The molecule has 0 N–H and O–H groups in total. The fourth-order valence-electron chi connectivity index (χ4n) is 2.14. The number of ether oxygens (including phenoxy) is 2. The van der Waals surface area contributed by atoms with Gasteiger partial charge < -0.3 is 9.47 Å². The molecule has 0 bridgehead atoms. The molecule has 0 unspecified atom stereocenters. The molecule has 0 saturated carbocycles. The summed E-state index contributed by atoms with van der Waals surface area (Å²) in [5.41, 5.74) is 1.54. The first-order chi connectivity index (χ1) is 10.8. The third kappa shape index (κ3) is 3.45. The second kappa shape index (κ2) is 5.81. The molecule has 2 nitrogen and oxygen atoms in total. The van der Waals surface area contributed by atoms with E-state index in [0.717, 1.165) is 11.6 Å². The highest BCUT2D eigenvalue weighted by atomic mass is 35.5. The van der Waals surface area contributed by atoms with E-state index in [4.69, 9.17) is 21.1 Å². The van der Waals surface area contributed by atoms with Gasteiger partial charge in [0.2, 0.25) is 6.10 Å². The average molecular weight is 341 g/mol. The van der Waals surface area contributed by atoms with E-state index in [1.807, 2.05) is 19.1 Å². The Bertz CT molecular complexity index is 752. The van der Waals surface area contributed by atoms with Crippen LogP contribution in [0.3, 0.4) is 0 Å². The van der Waals surface area contributed by atoms with E-state index in [2.05, 4.69) is 0 Å². The van der Waals surface area contributed by atoms with Crippen molar-refractivity contribution in [2.24, 2.45) is 0 Å². The maximum atomic E-state index is 12.8. The molecule has 1 aliphatic heterocycles. The molecular formula is C17H12ClF3O2. The van der Waals surface area contributed by atoms with Crippen LogP contribution in [0.1, 0.15) is 11.1 Å². The fourth-order valence-corrected chi connectivity index (χ4v) is 2.35. The van der Waals surface area contributed by atoms with Crippen molar-refractivity contribution in [3.8, 4) is 17.2 Å². The quantitative estimate of drug-likeness (QED) is 0.690. The second-order valence-electron chi connectivity index (χ2n) is 5.17. The molecule has 0 radical (unpaired) electrons. The molecule has 1 aliphatic rings. The first-order valence-electron chi connectivity index (χ1n) is 6.82. The lowest BCUT2D eigenvalue weighted by atomic mass is 10.1. The van der Waals surface area contributed by atoms with Crippen LogP contribution in [0, 0.1) is 6.92 Å². The Morgan fingerprint density at radius 1 is 1.13 bits per heavy atom. The molecule has 0 amide bonds. The van der Waals surface area contributed by atoms with Crippen LogP contribution >= 0.6 is 11.6 Å². The molecule has 1 atom stereocenters. The van der Waals surface area contributed by atoms with Crippen molar-refractivity contribution < 1.29 is 22.6 Å². The molecule has 0 saturated heterocycles. The Morgan fingerprint density at radius 3 is 2.48 bits per heavy atom. The Labute approximate surface area is 136 Å². The molecule has 23 heavy (non-hydrogen) atoms. The molecule has 120 valence electrons. The molecule has 2 aromatic rings. The fraction of sp³-hybridized carbons (Fsp3) is 0.176. The monoisotopic (exact) mass is 340 g/mol. The molecule has 0 aromatic heterocycles. The molecule has 0 aliphatic carbocycles. The maximum Gasteiger partial charge on any atom is 0.429 e. The van der Waals surface area contributed by atoms with E-state index < -0.39 is 12.3 Å². The molecule has 1 heterocycles. The first kappa shape index (κ1) is 15.7. The largest absolute Gasteiger partial charge is 0.476 e. The Kier molecular flexibility index (Phi) is 3.98. The highest BCUT2D eigenvalue weighted by Gasteiger charge is 2.41. The summed E-state index contributed by atoms with van der Waals surface area (Å²) in [6.45, 7) is 1.94. The summed E-state index contributed by atoms with van der Waals surface area (Å²) in [4.78, 5) is 0. The third-order valence-electron chi connectivity index (χ3n) is 3.34. The predicted octanol–water partition coefficient (Wildman–Crippen LogP) is 5.78. The summed E-state index contributed by atoms with van der Waals surface area (Å²) in [5, 5.41) is 0.294. The maximum absolute atomic E-state index is 12.8. The van der Waals surface area contributed by atoms with E-state index >= 15 is 0 Å². The highest BCUT2D eigenvalue weighted by molar-refractivity contribution is 6.32. The van der Waals surface area contributed by atoms with Gasteiger partial charge in [-0.3, -0.25) is 0 Å². The van der Waals surface area contributed by atoms with Crippen LogP contribution in [0.25, 0.3) is 6.08 Å². The minimum absolute atomic E-state index is 0.0846. The van der Waals surface area contributed by atoms with Crippen LogP contribution in [-0.4, -0.2) is 12.3 Å². The standard InChI is InChI=1S/C17H12ClF3O2/c1-10-2-5-12(6-3-10)22-15-9-14-11(8-13(15)18)4-7-16(23-14)17(19,20)21/h2-9,16H,1H3/t16-/m1/s1. The number of alkyl halides is 3. The van der Waals surface area contributed by atoms with Crippen LogP contribution in [-0.2, 0) is 0 Å². The average Bonchev–Trinajstić information content (AvgIpc) is 2.49. The second-order valence-corrected chi connectivity index (χ2v) is 5.58. The van der Waals surface area contributed by atoms with E-state index in [-0.39, 0.29) is 11.5 Å². The molecule has 6 heteroatoms. The van der Waals surface area contributed by atoms with Crippen LogP contribution < -0.4 is 9.47 Å². The van der Waals surface area contributed by atoms with Crippen LogP contribution in [0.2, 0.25) is 5.02 Å². The summed E-state index contributed by atoms with van der Waals surface area (Å²) in [7, 11) is 0. The van der Waals surface area contributed by atoms with Crippen molar-refractivity contribution in [3.05, 3.63) is 58.6 Å². The lowest BCUT2D eigenvalue weighted by molar-refractivity contribution is -0.180. The SMILES string of the molecule is Cc1ccc(Oc2cc3c(cc2Cl)C=C[C@H](C(F)(F)F)O3)cc1. The highest BCUT2D eigenvalue weighted by Crippen LogP contribution is 2.40. The molecule has 0 fully saturated rings. The normalized spacial score (nSPS) is 16.7. The Balaban J connectivity index is 1.90. The number of hydrogen-bond donors (Lipinski definition) is 0. The van der Waals surface area contributed by atoms with Crippen LogP contribution in [0.4, 0.5) is 13.2 Å². The summed E-state index contributed by atoms with van der Waals surface area (Å²) < 4.78 is 48.9. The minimum Gasteiger partial charge on any atom is -0.476 e. The molecule has 2 aromatic carbocycles. The van der Waals surface area contributed by atoms with E-state index in [9.17, 15) is 13.2 Å². The Morgan fingerprint density at radius 2 is 1.83 bits per heavy atom. The third-order valence-corrected chi connectivity index (χ3v) is 3.64. The summed E-state index contributed by atoms with van der Waals surface area (Å²) in [6.07, 6.45) is -4.13. The topological polar surface area (TPSA) is 18.5 Å². The van der Waals surface area contributed by atoms with Gasteiger partial charge in [-0.1, -0.05) is 35.4 Å². The van der Waals surface area contributed by atoms with E-state index in [1.165, 1.54) is 18.2 Å². The smallest absolute Gasteiger partial charge is 0.429 e. The first-order valence-corrected chi connectivity index (χ1v) is 7.20. The van der Waals surface area contributed by atoms with Gasteiger partial charge in [0, 0.05) is 11.6 Å².